The molecule has 100 valence electrons. The maximum atomic E-state index is 5.76. The predicted octanol–water partition coefficient (Wildman–Crippen LogP) is 4.43. The summed E-state index contributed by atoms with van der Waals surface area (Å²) in [6.07, 6.45) is 9.66. The first-order valence-corrected chi connectivity index (χ1v) is 7.15. The lowest BCUT2D eigenvalue weighted by molar-refractivity contribution is 0.268. The number of hydrogen-bond donors (Lipinski definition) is 0. The summed E-state index contributed by atoms with van der Waals surface area (Å²) < 4.78 is 10.9. The van der Waals surface area contributed by atoms with Crippen molar-refractivity contribution in [3.05, 3.63) is 24.3 Å². The van der Waals surface area contributed by atoms with Gasteiger partial charge in [0.05, 0.1) is 13.7 Å². The van der Waals surface area contributed by atoms with Crippen LogP contribution in [-0.4, -0.2) is 13.7 Å². The smallest absolute Gasteiger partial charge is 0.122 e. The molecule has 1 aliphatic carbocycles. The standard InChI is InChI=1S/C16H24O2/c1-17-15-10-5-11-16(13-15)18-12-6-9-14-7-3-2-4-8-14/h5,10-11,13-14H,2-4,6-9,12H2,1H3. The Kier molecular flexibility index (Phi) is 5.37. The van der Waals surface area contributed by atoms with E-state index in [2.05, 4.69) is 0 Å². The largest absolute Gasteiger partial charge is 0.497 e. The van der Waals surface area contributed by atoms with Gasteiger partial charge in [0.15, 0.2) is 0 Å². The molecular formula is C16H24O2. The number of benzene rings is 1. The second kappa shape index (κ2) is 7.30. The quantitative estimate of drug-likeness (QED) is 0.693. The van der Waals surface area contributed by atoms with E-state index in [0.29, 0.717) is 0 Å². The van der Waals surface area contributed by atoms with Crippen LogP contribution in [0.15, 0.2) is 24.3 Å². The number of ether oxygens (including phenoxy) is 2. The summed E-state index contributed by atoms with van der Waals surface area (Å²) in [5, 5.41) is 0. The zero-order chi connectivity index (χ0) is 12.6. The summed E-state index contributed by atoms with van der Waals surface area (Å²) in [5.41, 5.74) is 0. The second-order valence-electron chi connectivity index (χ2n) is 5.17. The molecule has 0 amide bonds. The third kappa shape index (κ3) is 4.25. The Bertz CT molecular complexity index is 343. The van der Waals surface area contributed by atoms with E-state index in [-0.39, 0.29) is 0 Å². The molecule has 1 aromatic carbocycles. The molecule has 1 fully saturated rings. The molecule has 0 radical (unpaired) electrons. The fourth-order valence-corrected chi connectivity index (χ4v) is 2.73. The van der Waals surface area contributed by atoms with Gasteiger partial charge >= 0.3 is 0 Å². The average molecular weight is 248 g/mol. The minimum absolute atomic E-state index is 0.823. The second-order valence-corrected chi connectivity index (χ2v) is 5.17. The Balaban J connectivity index is 1.65. The molecule has 0 aromatic heterocycles. The van der Waals surface area contributed by atoms with Crippen molar-refractivity contribution in [2.45, 2.75) is 44.9 Å². The van der Waals surface area contributed by atoms with Gasteiger partial charge in [-0.3, -0.25) is 0 Å². The van der Waals surface area contributed by atoms with Crippen molar-refractivity contribution in [2.24, 2.45) is 5.92 Å². The maximum Gasteiger partial charge on any atom is 0.122 e. The van der Waals surface area contributed by atoms with E-state index in [4.69, 9.17) is 9.47 Å². The van der Waals surface area contributed by atoms with Gasteiger partial charge in [-0.05, 0) is 30.9 Å². The van der Waals surface area contributed by atoms with Gasteiger partial charge < -0.3 is 9.47 Å². The highest BCUT2D eigenvalue weighted by molar-refractivity contribution is 5.32. The number of methoxy groups -OCH3 is 1. The Labute approximate surface area is 110 Å². The van der Waals surface area contributed by atoms with Crippen LogP contribution in [0.2, 0.25) is 0 Å². The third-order valence-corrected chi connectivity index (χ3v) is 3.79. The molecule has 18 heavy (non-hydrogen) atoms. The summed E-state index contributed by atoms with van der Waals surface area (Å²) in [5.74, 6) is 2.73. The van der Waals surface area contributed by atoms with E-state index in [0.717, 1.165) is 24.0 Å². The summed E-state index contributed by atoms with van der Waals surface area (Å²) in [6.45, 7) is 0.823. The molecule has 1 aliphatic rings. The normalized spacial score (nSPS) is 16.5. The summed E-state index contributed by atoms with van der Waals surface area (Å²) in [4.78, 5) is 0. The molecule has 2 nitrogen and oxygen atoms in total. The van der Waals surface area contributed by atoms with Crippen molar-refractivity contribution in [3.63, 3.8) is 0 Å². The van der Waals surface area contributed by atoms with Crippen molar-refractivity contribution < 1.29 is 9.47 Å². The van der Waals surface area contributed by atoms with Gasteiger partial charge in [-0.2, -0.15) is 0 Å². The van der Waals surface area contributed by atoms with Gasteiger partial charge in [-0.15, -0.1) is 0 Å². The van der Waals surface area contributed by atoms with Crippen LogP contribution in [0.5, 0.6) is 11.5 Å². The van der Waals surface area contributed by atoms with Crippen LogP contribution in [0.1, 0.15) is 44.9 Å². The van der Waals surface area contributed by atoms with E-state index in [1.807, 2.05) is 24.3 Å². The maximum absolute atomic E-state index is 5.76. The van der Waals surface area contributed by atoms with Crippen molar-refractivity contribution in [1.82, 2.24) is 0 Å². The van der Waals surface area contributed by atoms with Gasteiger partial charge in [-0.1, -0.05) is 38.2 Å². The minimum atomic E-state index is 0.823. The summed E-state index contributed by atoms with van der Waals surface area (Å²) in [7, 11) is 1.68. The molecule has 0 atom stereocenters. The van der Waals surface area contributed by atoms with Crippen molar-refractivity contribution in [1.29, 1.82) is 0 Å². The molecule has 2 heteroatoms. The van der Waals surface area contributed by atoms with E-state index in [9.17, 15) is 0 Å². The lowest BCUT2D eigenvalue weighted by Gasteiger charge is -2.21. The lowest BCUT2D eigenvalue weighted by Crippen LogP contribution is -2.08. The van der Waals surface area contributed by atoms with E-state index >= 15 is 0 Å². The monoisotopic (exact) mass is 248 g/mol. The zero-order valence-electron chi connectivity index (χ0n) is 11.4. The van der Waals surface area contributed by atoms with Gasteiger partial charge in [0, 0.05) is 6.07 Å². The summed E-state index contributed by atoms with van der Waals surface area (Å²) in [6, 6.07) is 7.84. The average Bonchev–Trinajstić information content (AvgIpc) is 2.45. The molecule has 1 saturated carbocycles. The molecule has 0 bridgehead atoms. The van der Waals surface area contributed by atoms with Gasteiger partial charge in [0.25, 0.3) is 0 Å². The Hall–Kier alpha value is -1.18. The highest BCUT2D eigenvalue weighted by atomic mass is 16.5. The van der Waals surface area contributed by atoms with Crippen LogP contribution in [0, 0.1) is 5.92 Å². The van der Waals surface area contributed by atoms with Crippen LogP contribution in [0.25, 0.3) is 0 Å². The fraction of sp³-hybridized carbons (Fsp3) is 0.625. The topological polar surface area (TPSA) is 18.5 Å². The van der Waals surface area contributed by atoms with Gasteiger partial charge in [-0.25, -0.2) is 0 Å². The molecule has 0 spiro atoms. The molecule has 0 saturated heterocycles. The van der Waals surface area contributed by atoms with E-state index < -0.39 is 0 Å². The van der Waals surface area contributed by atoms with Gasteiger partial charge in [0.1, 0.15) is 11.5 Å². The Morgan fingerprint density at radius 1 is 1.11 bits per heavy atom. The molecule has 0 aliphatic heterocycles. The molecule has 0 heterocycles. The number of rotatable bonds is 6. The SMILES string of the molecule is COc1cccc(OCCCC2CCCCC2)c1. The van der Waals surface area contributed by atoms with Crippen LogP contribution in [0.4, 0.5) is 0 Å². The summed E-state index contributed by atoms with van der Waals surface area (Å²) >= 11 is 0. The first kappa shape index (κ1) is 13.3. The van der Waals surface area contributed by atoms with Crippen LogP contribution >= 0.6 is 0 Å². The van der Waals surface area contributed by atoms with Crippen LogP contribution in [-0.2, 0) is 0 Å². The Morgan fingerprint density at radius 2 is 1.89 bits per heavy atom. The Morgan fingerprint density at radius 3 is 2.67 bits per heavy atom. The molecule has 2 rings (SSSR count). The third-order valence-electron chi connectivity index (χ3n) is 3.79. The fourth-order valence-electron chi connectivity index (χ4n) is 2.73. The highest BCUT2D eigenvalue weighted by Gasteiger charge is 2.12. The van der Waals surface area contributed by atoms with E-state index in [1.165, 1.54) is 44.9 Å². The molecular weight excluding hydrogens is 224 g/mol. The first-order chi connectivity index (χ1) is 8.88. The number of hydrogen-bond acceptors (Lipinski definition) is 2. The van der Waals surface area contributed by atoms with Crippen molar-refractivity contribution in [2.75, 3.05) is 13.7 Å². The molecule has 1 aromatic rings. The lowest BCUT2D eigenvalue weighted by atomic mass is 9.86. The first-order valence-electron chi connectivity index (χ1n) is 7.15. The zero-order valence-corrected chi connectivity index (χ0v) is 11.4. The molecule has 0 unspecified atom stereocenters. The highest BCUT2D eigenvalue weighted by Crippen LogP contribution is 2.27. The van der Waals surface area contributed by atoms with Crippen molar-refractivity contribution in [3.8, 4) is 11.5 Å². The predicted molar refractivity (Wildman–Crippen MR) is 74.3 cm³/mol. The van der Waals surface area contributed by atoms with Gasteiger partial charge in [0.2, 0.25) is 0 Å². The van der Waals surface area contributed by atoms with Crippen LogP contribution < -0.4 is 9.47 Å². The minimum Gasteiger partial charge on any atom is -0.497 e. The van der Waals surface area contributed by atoms with Crippen LogP contribution in [0.3, 0.4) is 0 Å². The van der Waals surface area contributed by atoms with E-state index in [1.54, 1.807) is 7.11 Å². The van der Waals surface area contributed by atoms with Crippen molar-refractivity contribution >= 4 is 0 Å². The molecule has 0 N–H and O–H groups in total.